The molecule has 1 N–H and O–H groups in total. The van der Waals surface area contributed by atoms with Crippen LogP contribution in [0.25, 0.3) is 0 Å². The zero-order chi connectivity index (χ0) is 20.2. The molecule has 0 atom stereocenters. The minimum atomic E-state index is -4.63. The summed E-state index contributed by atoms with van der Waals surface area (Å²) in [6.07, 6.45) is -4.54. The number of piperazine rings is 1. The van der Waals surface area contributed by atoms with E-state index in [1.807, 2.05) is 0 Å². The molecule has 1 aliphatic heterocycles. The Kier molecular flexibility index (Phi) is 6.47. The second kappa shape index (κ2) is 8.26. The molecule has 1 saturated heterocycles. The van der Waals surface area contributed by atoms with Gasteiger partial charge in [0.05, 0.1) is 10.5 Å². The quantitative estimate of drug-likeness (QED) is 0.791. The van der Waals surface area contributed by atoms with E-state index in [9.17, 15) is 31.2 Å². The van der Waals surface area contributed by atoms with Crippen LogP contribution in [0.15, 0.2) is 29.2 Å². The number of benzene rings is 1. The Morgan fingerprint density at radius 3 is 2.33 bits per heavy atom. The fourth-order valence-electron chi connectivity index (χ4n) is 2.66. The molecule has 1 aromatic rings. The highest BCUT2D eigenvalue weighted by Crippen LogP contribution is 2.31. The monoisotopic (exact) mass is 407 g/mol. The van der Waals surface area contributed by atoms with Gasteiger partial charge < -0.3 is 10.2 Å². The summed E-state index contributed by atoms with van der Waals surface area (Å²) in [5.41, 5.74) is -1.03. The molecule has 0 radical (unpaired) electrons. The summed E-state index contributed by atoms with van der Waals surface area (Å²) in [6, 6.07) is 3.60. The van der Waals surface area contributed by atoms with Crippen LogP contribution in [0.1, 0.15) is 18.9 Å². The van der Waals surface area contributed by atoms with Crippen molar-refractivity contribution >= 4 is 21.8 Å². The molecule has 0 aliphatic carbocycles. The van der Waals surface area contributed by atoms with Crippen molar-refractivity contribution in [2.45, 2.75) is 24.4 Å². The van der Waals surface area contributed by atoms with Crippen molar-refractivity contribution < 1.29 is 31.2 Å². The van der Waals surface area contributed by atoms with Crippen LogP contribution in [0.3, 0.4) is 0 Å². The van der Waals surface area contributed by atoms with Crippen LogP contribution in [-0.4, -0.2) is 62.2 Å². The highest BCUT2D eigenvalue weighted by molar-refractivity contribution is 7.89. The van der Waals surface area contributed by atoms with Crippen LogP contribution in [0.5, 0.6) is 0 Å². The lowest BCUT2D eigenvalue weighted by Crippen LogP contribution is -2.50. The van der Waals surface area contributed by atoms with Gasteiger partial charge in [-0.15, -0.1) is 0 Å². The van der Waals surface area contributed by atoms with Crippen molar-refractivity contribution in [3.05, 3.63) is 29.8 Å². The van der Waals surface area contributed by atoms with E-state index < -0.39 is 26.7 Å². The molecule has 7 nitrogen and oxygen atoms in total. The van der Waals surface area contributed by atoms with Gasteiger partial charge in [-0.2, -0.15) is 17.5 Å². The Hall–Kier alpha value is -2.14. The van der Waals surface area contributed by atoms with Crippen molar-refractivity contribution in [2.24, 2.45) is 0 Å². The topological polar surface area (TPSA) is 86.8 Å². The summed E-state index contributed by atoms with van der Waals surface area (Å²) in [7, 11) is -4.08. The maximum atomic E-state index is 12.8. The van der Waals surface area contributed by atoms with Gasteiger partial charge in [0, 0.05) is 46.1 Å². The van der Waals surface area contributed by atoms with Crippen molar-refractivity contribution in [1.29, 1.82) is 0 Å². The molecule has 150 valence electrons. The second-order valence-electron chi connectivity index (χ2n) is 6.04. The summed E-state index contributed by atoms with van der Waals surface area (Å²) < 4.78 is 64.7. The van der Waals surface area contributed by atoms with E-state index in [0.29, 0.717) is 6.07 Å². The highest BCUT2D eigenvalue weighted by atomic mass is 32.2. The summed E-state index contributed by atoms with van der Waals surface area (Å²) in [5.74, 6) is -0.473. The number of nitrogens with one attached hydrogen (secondary N) is 1. The first-order valence-corrected chi connectivity index (χ1v) is 9.65. The number of carbonyl (C=O) groups is 2. The van der Waals surface area contributed by atoms with Crippen molar-refractivity contribution in [2.75, 3.05) is 32.7 Å². The molecule has 0 unspecified atom stereocenters. The first-order chi connectivity index (χ1) is 12.5. The molecule has 27 heavy (non-hydrogen) atoms. The number of halogens is 3. The number of rotatable bonds is 5. The van der Waals surface area contributed by atoms with Gasteiger partial charge >= 0.3 is 6.18 Å². The maximum Gasteiger partial charge on any atom is 0.416 e. The molecule has 0 aromatic heterocycles. The smallest absolute Gasteiger partial charge is 0.356 e. The number of hydrogen-bond donors (Lipinski definition) is 1. The molecule has 0 bridgehead atoms. The van der Waals surface area contributed by atoms with Gasteiger partial charge in [0.1, 0.15) is 0 Å². The standard InChI is InChI=1S/C16H20F3N3O4S/c1-12(23)20-6-5-15(24)21-7-9-22(10-8-21)27(25,26)14-4-2-3-13(11-14)16(17,18)19/h2-4,11H,5-10H2,1H3,(H,20,23). The summed E-state index contributed by atoms with van der Waals surface area (Å²) in [5, 5.41) is 2.50. The Balaban J connectivity index is 2.00. The Labute approximate surface area is 155 Å². The lowest BCUT2D eigenvalue weighted by atomic mass is 10.2. The fraction of sp³-hybridized carbons (Fsp3) is 0.500. The zero-order valence-electron chi connectivity index (χ0n) is 14.6. The molecule has 1 aromatic carbocycles. The van der Waals surface area contributed by atoms with Crippen LogP contribution < -0.4 is 5.32 Å². The van der Waals surface area contributed by atoms with Crippen LogP contribution in [0, 0.1) is 0 Å². The molecule has 11 heteroatoms. The number of amides is 2. The van der Waals surface area contributed by atoms with Gasteiger partial charge in [0.2, 0.25) is 21.8 Å². The number of sulfonamides is 1. The van der Waals surface area contributed by atoms with E-state index in [2.05, 4.69) is 5.32 Å². The minimum absolute atomic E-state index is 0.00947. The molecular weight excluding hydrogens is 387 g/mol. The zero-order valence-corrected chi connectivity index (χ0v) is 15.4. The lowest BCUT2D eigenvalue weighted by Gasteiger charge is -2.34. The average molecular weight is 407 g/mol. The third-order valence-electron chi connectivity index (χ3n) is 4.10. The maximum absolute atomic E-state index is 12.8. The number of carbonyl (C=O) groups excluding carboxylic acids is 2. The van der Waals surface area contributed by atoms with E-state index in [4.69, 9.17) is 0 Å². The van der Waals surface area contributed by atoms with Crippen molar-refractivity contribution in [3.8, 4) is 0 Å². The van der Waals surface area contributed by atoms with Gasteiger partial charge in [-0.1, -0.05) is 6.07 Å². The van der Waals surface area contributed by atoms with Gasteiger partial charge in [-0.25, -0.2) is 8.42 Å². The molecule has 1 heterocycles. The van der Waals surface area contributed by atoms with Crippen LogP contribution in [-0.2, 0) is 25.8 Å². The van der Waals surface area contributed by atoms with E-state index in [1.165, 1.54) is 11.8 Å². The molecule has 0 spiro atoms. The molecule has 2 rings (SSSR count). The van der Waals surface area contributed by atoms with Crippen LogP contribution in [0.4, 0.5) is 13.2 Å². The largest absolute Gasteiger partial charge is 0.416 e. The Morgan fingerprint density at radius 2 is 1.78 bits per heavy atom. The predicted molar refractivity (Wildman–Crippen MR) is 90.1 cm³/mol. The average Bonchev–Trinajstić information content (AvgIpc) is 2.61. The van der Waals surface area contributed by atoms with E-state index in [0.717, 1.165) is 22.5 Å². The van der Waals surface area contributed by atoms with Gasteiger partial charge in [0.15, 0.2) is 0 Å². The molecular formula is C16H20F3N3O4S. The minimum Gasteiger partial charge on any atom is -0.356 e. The van der Waals surface area contributed by atoms with Gasteiger partial charge in [-0.3, -0.25) is 9.59 Å². The summed E-state index contributed by atoms with van der Waals surface area (Å²) in [6.45, 7) is 1.78. The third kappa shape index (κ3) is 5.42. The van der Waals surface area contributed by atoms with Crippen molar-refractivity contribution in [3.63, 3.8) is 0 Å². The summed E-state index contributed by atoms with van der Waals surface area (Å²) >= 11 is 0. The number of nitrogens with zero attached hydrogens (tertiary/aromatic N) is 2. The molecule has 1 fully saturated rings. The normalized spacial score (nSPS) is 16.2. The number of hydrogen-bond acceptors (Lipinski definition) is 4. The Morgan fingerprint density at radius 1 is 1.15 bits per heavy atom. The SMILES string of the molecule is CC(=O)NCCC(=O)N1CCN(S(=O)(=O)c2cccc(C(F)(F)F)c2)CC1. The lowest BCUT2D eigenvalue weighted by molar-refractivity contribution is -0.137. The molecule has 2 amide bonds. The van der Waals surface area contributed by atoms with E-state index in [-0.39, 0.29) is 51.0 Å². The second-order valence-corrected chi connectivity index (χ2v) is 7.98. The fourth-order valence-corrected chi connectivity index (χ4v) is 4.13. The predicted octanol–water partition coefficient (Wildman–Crippen LogP) is 1.06. The summed E-state index contributed by atoms with van der Waals surface area (Å²) in [4.78, 5) is 23.9. The van der Waals surface area contributed by atoms with Gasteiger partial charge in [-0.05, 0) is 18.2 Å². The first-order valence-electron chi connectivity index (χ1n) is 8.21. The van der Waals surface area contributed by atoms with Crippen LogP contribution in [0.2, 0.25) is 0 Å². The van der Waals surface area contributed by atoms with Gasteiger partial charge in [0.25, 0.3) is 0 Å². The Bertz CT molecular complexity index is 803. The highest BCUT2D eigenvalue weighted by Gasteiger charge is 2.34. The third-order valence-corrected chi connectivity index (χ3v) is 6.00. The van der Waals surface area contributed by atoms with Crippen molar-refractivity contribution in [1.82, 2.24) is 14.5 Å². The van der Waals surface area contributed by atoms with E-state index in [1.54, 1.807) is 0 Å². The number of alkyl halides is 3. The molecule has 0 saturated carbocycles. The first kappa shape index (κ1) is 21.2. The van der Waals surface area contributed by atoms with Crippen LogP contribution >= 0.6 is 0 Å². The molecule has 1 aliphatic rings. The van der Waals surface area contributed by atoms with E-state index >= 15 is 0 Å².